The second-order valence-electron chi connectivity index (χ2n) is 3.89. The zero-order valence-electron chi connectivity index (χ0n) is 9.77. The van der Waals surface area contributed by atoms with Crippen LogP contribution in [0.3, 0.4) is 0 Å². The number of anilines is 1. The highest BCUT2D eigenvalue weighted by Crippen LogP contribution is 2.25. The maximum absolute atomic E-state index is 6.00. The Morgan fingerprint density at radius 2 is 2.00 bits per heavy atom. The molecule has 1 atom stereocenters. The van der Waals surface area contributed by atoms with Crippen LogP contribution in [-0.4, -0.2) is 30.0 Å². The average molecular weight is 252 g/mol. The lowest BCUT2D eigenvalue weighted by Crippen LogP contribution is -2.21. The number of ether oxygens (including phenoxy) is 1. The fourth-order valence-electron chi connectivity index (χ4n) is 1.70. The van der Waals surface area contributed by atoms with E-state index in [2.05, 4.69) is 15.5 Å². The minimum atomic E-state index is 0.166. The molecule has 2 aromatic rings. The number of aromatic nitrogens is 2. The zero-order valence-corrected chi connectivity index (χ0v) is 10.5. The van der Waals surface area contributed by atoms with Crippen LogP contribution in [0.25, 0.3) is 10.8 Å². The topological polar surface area (TPSA) is 47.0 Å². The number of nitrogens with one attached hydrogen (secondary N) is 1. The van der Waals surface area contributed by atoms with Gasteiger partial charge in [-0.1, -0.05) is 35.9 Å². The molecule has 1 aromatic heterocycles. The quantitative estimate of drug-likeness (QED) is 0.908. The van der Waals surface area contributed by atoms with Crippen LogP contribution in [0.15, 0.2) is 24.3 Å². The fourth-order valence-corrected chi connectivity index (χ4v) is 1.91. The van der Waals surface area contributed by atoms with E-state index in [4.69, 9.17) is 16.3 Å². The van der Waals surface area contributed by atoms with Gasteiger partial charge >= 0.3 is 0 Å². The van der Waals surface area contributed by atoms with E-state index in [9.17, 15) is 0 Å². The number of halogens is 1. The van der Waals surface area contributed by atoms with Gasteiger partial charge in [0.25, 0.3) is 0 Å². The molecule has 90 valence electrons. The molecule has 0 saturated carbocycles. The first-order valence-electron chi connectivity index (χ1n) is 5.38. The maximum atomic E-state index is 6.00. The first-order chi connectivity index (χ1) is 8.22. The van der Waals surface area contributed by atoms with E-state index >= 15 is 0 Å². The lowest BCUT2D eigenvalue weighted by atomic mass is 10.2. The molecule has 17 heavy (non-hydrogen) atoms. The van der Waals surface area contributed by atoms with Crippen molar-refractivity contribution in [2.45, 2.75) is 13.0 Å². The molecule has 0 aliphatic rings. The van der Waals surface area contributed by atoms with Gasteiger partial charge in [-0.15, -0.1) is 10.2 Å². The third-order valence-corrected chi connectivity index (χ3v) is 2.72. The van der Waals surface area contributed by atoms with Gasteiger partial charge in [-0.25, -0.2) is 0 Å². The van der Waals surface area contributed by atoms with Crippen LogP contribution in [0.4, 0.5) is 5.82 Å². The summed E-state index contributed by atoms with van der Waals surface area (Å²) in [7, 11) is 1.67. The Hall–Kier alpha value is -1.39. The number of methoxy groups -OCH3 is 1. The molecular formula is C12H14ClN3O. The number of benzene rings is 1. The Labute approximate surface area is 105 Å². The van der Waals surface area contributed by atoms with Crippen molar-refractivity contribution in [2.24, 2.45) is 0 Å². The van der Waals surface area contributed by atoms with Crippen molar-refractivity contribution in [3.05, 3.63) is 29.4 Å². The zero-order chi connectivity index (χ0) is 12.3. The van der Waals surface area contributed by atoms with Crippen LogP contribution in [0.5, 0.6) is 0 Å². The highest BCUT2D eigenvalue weighted by atomic mass is 35.5. The number of hydrogen-bond donors (Lipinski definition) is 1. The molecule has 4 nitrogen and oxygen atoms in total. The van der Waals surface area contributed by atoms with Gasteiger partial charge in [0.2, 0.25) is 0 Å². The molecule has 1 N–H and O–H groups in total. The molecule has 0 radical (unpaired) electrons. The van der Waals surface area contributed by atoms with Crippen LogP contribution >= 0.6 is 11.6 Å². The third-order valence-electron chi connectivity index (χ3n) is 2.44. The lowest BCUT2D eigenvalue weighted by molar-refractivity contribution is 0.190. The number of rotatable bonds is 4. The van der Waals surface area contributed by atoms with Gasteiger partial charge in [-0.3, -0.25) is 0 Å². The molecule has 5 heteroatoms. The molecule has 1 unspecified atom stereocenters. The molecule has 0 amide bonds. The Kier molecular flexibility index (Phi) is 3.76. The van der Waals surface area contributed by atoms with Crippen molar-refractivity contribution in [1.82, 2.24) is 10.2 Å². The van der Waals surface area contributed by atoms with Gasteiger partial charge in [0, 0.05) is 23.9 Å². The Bertz CT molecular complexity index is 518. The van der Waals surface area contributed by atoms with Crippen LogP contribution in [0.2, 0.25) is 5.15 Å². The van der Waals surface area contributed by atoms with Crippen molar-refractivity contribution in [1.29, 1.82) is 0 Å². The average Bonchev–Trinajstić information content (AvgIpc) is 2.34. The van der Waals surface area contributed by atoms with Gasteiger partial charge < -0.3 is 10.1 Å². The van der Waals surface area contributed by atoms with Crippen LogP contribution in [-0.2, 0) is 4.74 Å². The van der Waals surface area contributed by atoms with Crippen LogP contribution < -0.4 is 5.32 Å². The minimum Gasteiger partial charge on any atom is -0.383 e. The van der Waals surface area contributed by atoms with E-state index in [1.807, 2.05) is 31.2 Å². The molecule has 1 heterocycles. The minimum absolute atomic E-state index is 0.166. The maximum Gasteiger partial charge on any atom is 0.159 e. The molecule has 0 spiro atoms. The fraction of sp³-hybridized carbons (Fsp3) is 0.333. The van der Waals surface area contributed by atoms with Crippen molar-refractivity contribution < 1.29 is 4.74 Å². The summed E-state index contributed by atoms with van der Waals surface area (Å²) < 4.78 is 5.07. The number of hydrogen-bond acceptors (Lipinski definition) is 4. The smallest absolute Gasteiger partial charge is 0.159 e. The summed E-state index contributed by atoms with van der Waals surface area (Å²) in [5, 5.41) is 13.6. The standard InChI is InChI=1S/C12H14ClN3O/c1-8(7-17-2)14-12-10-6-4-3-5-9(10)11(13)15-16-12/h3-6,8H,7H2,1-2H3,(H,14,16). The van der Waals surface area contributed by atoms with E-state index in [1.54, 1.807) is 7.11 Å². The van der Waals surface area contributed by atoms with Crippen LogP contribution in [0, 0.1) is 0 Å². The van der Waals surface area contributed by atoms with Gasteiger partial charge in [0.15, 0.2) is 11.0 Å². The van der Waals surface area contributed by atoms with Crippen molar-refractivity contribution in [2.75, 3.05) is 19.0 Å². The van der Waals surface area contributed by atoms with E-state index in [-0.39, 0.29) is 6.04 Å². The monoisotopic (exact) mass is 251 g/mol. The largest absolute Gasteiger partial charge is 0.383 e. The van der Waals surface area contributed by atoms with Crippen LogP contribution in [0.1, 0.15) is 6.92 Å². The molecule has 1 aromatic carbocycles. The molecule has 0 fully saturated rings. The lowest BCUT2D eigenvalue weighted by Gasteiger charge is -2.14. The Morgan fingerprint density at radius 3 is 2.71 bits per heavy atom. The number of nitrogens with zero attached hydrogens (tertiary/aromatic N) is 2. The van der Waals surface area contributed by atoms with Crippen molar-refractivity contribution in [3.8, 4) is 0 Å². The molecule has 0 aliphatic carbocycles. The first-order valence-corrected chi connectivity index (χ1v) is 5.76. The molecule has 0 aliphatic heterocycles. The summed E-state index contributed by atoms with van der Waals surface area (Å²) in [4.78, 5) is 0. The summed E-state index contributed by atoms with van der Waals surface area (Å²) in [6.07, 6.45) is 0. The van der Waals surface area contributed by atoms with Gasteiger partial charge in [0.1, 0.15) is 0 Å². The summed E-state index contributed by atoms with van der Waals surface area (Å²) in [6.45, 7) is 2.63. The highest BCUT2D eigenvalue weighted by molar-refractivity contribution is 6.34. The summed E-state index contributed by atoms with van der Waals surface area (Å²) in [6, 6.07) is 7.94. The number of fused-ring (bicyclic) bond motifs is 1. The predicted octanol–water partition coefficient (Wildman–Crippen LogP) is 2.73. The van der Waals surface area contributed by atoms with Gasteiger partial charge in [-0.05, 0) is 6.92 Å². The van der Waals surface area contributed by atoms with E-state index in [0.717, 1.165) is 16.6 Å². The Balaban J connectivity index is 2.38. The SMILES string of the molecule is COCC(C)Nc1nnc(Cl)c2ccccc12. The highest BCUT2D eigenvalue weighted by Gasteiger charge is 2.09. The Morgan fingerprint density at radius 1 is 1.29 bits per heavy atom. The van der Waals surface area contributed by atoms with E-state index < -0.39 is 0 Å². The molecular weight excluding hydrogens is 238 g/mol. The van der Waals surface area contributed by atoms with Crippen molar-refractivity contribution >= 4 is 28.2 Å². The van der Waals surface area contributed by atoms with Crippen molar-refractivity contribution in [3.63, 3.8) is 0 Å². The van der Waals surface area contributed by atoms with Gasteiger partial charge in [0.05, 0.1) is 6.61 Å². The summed E-state index contributed by atoms with van der Waals surface area (Å²) in [5.74, 6) is 0.731. The van der Waals surface area contributed by atoms with E-state index in [1.165, 1.54) is 0 Å². The molecule has 0 bridgehead atoms. The molecule has 2 rings (SSSR count). The van der Waals surface area contributed by atoms with Gasteiger partial charge in [-0.2, -0.15) is 0 Å². The van der Waals surface area contributed by atoms with E-state index in [0.29, 0.717) is 11.8 Å². The first kappa shape index (κ1) is 12.1. The predicted molar refractivity (Wildman–Crippen MR) is 69.5 cm³/mol. The molecule has 0 saturated heterocycles. The second-order valence-corrected chi connectivity index (χ2v) is 4.24. The third kappa shape index (κ3) is 2.65. The summed E-state index contributed by atoms with van der Waals surface area (Å²) in [5.41, 5.74) is 0. The normalized spacial score (nSPS) is 12.6. The second kappa shape index (κ2) is 5.29. The summed E-state index contributed by atoms with van der Waals surface area (Å²) >= 11 is 6.00.